The van der Waals surface area contributed by atoms with Gasteiger partial charge in [0.2, 0.25) is 0 Å². The Morgan fingerprint density at radius 2 is 1.74 bits per heavy atom. The third kappa shape index (κ3) is 6.00. The molecule has 1 aliphatic rings. The van der Waals surface area contributed by atoms with Crippen LogP contribution in [-0.4, -0.2) is 52.5 Å². The van der Waals surface area contributed by atoms with Gasteiger partial charge in [-0.1, -0.05) is 54.1 Å². The molecule has 0 radical (unpaired) electrons. The second kappa shape index (κ2) is 10.7. The Morgan fingerprint density at radius 3 is 2.52 bits per heavy atom. The van der Waals surface area contributed by atoms with E-state index in [4.69, 9.17) is 16.3 Å². The molecule has 1 saturated heterocycles. The summed E-state index contributed by atoms with van der Waals surface area (Å²) in [6.45, 7) is 5.15. The molecular formula is C24H27ClN4O2. The molecule has 3 aromatic rings. The second-order valence-corrected chi connectivity index (χ2v) is 8.18. The summed E-state index contributed by atoms with van der Waals surface area (Å²) >= 11 is 6.17. The molecule has 0 bridgehead atoms. The maximum atomic E-state index is 13.1. The number of halogens is 1. The van der Waals surface area contributed by atoms with E-state index in [0.29, 0.717) is 29.5 Å². The highest BCUT2D eigenvalue weighted by Gasteiger charge is 2.14. The number of benzene rings is 2. The minimum atomic E-state index is -0.124. The number of hydrogen-bond donors (Lipinski definition) is 0. The summed E-state index contributed by atoms with van der Waals surface area (Å²) in [5, 5.41) is 5.19. The minimum Gasteiger partial charge on any atom is -0.379 e. The summed E-state index contributed by atoms with van der Waals surface area (Å²) in [4.78, 5) is 20.1. The largest absolute Gasteiger partial charge is 0.379 e. The highest BCUT2D eigenvalue weighted by atomic mass is 35.5. The zero-order valence-corrected chi connectivity index (χ0v) is 18.3. The van der Waals surface area contributed by atoms with Crippen LogP contribution >= 0.6 is 11.6 Å². The van der Waals surface area contributed by atoms with Gasteiger partial charge in [0.1, 0.15) is 5.69 Å². The van der Waals surface area contributed by atoms with Gasteiger partial charge in [-0.15, -0.1) is 5.10 Å². The molecule has 1 aromatic heterocycles. The monoisotopic (exact) mass is 438 g/mol. The highest BCUT2D eigenvalue weighted by molar-refractivity contribution is 6.30. The predicted molar refractivity (Wildman–Crippen MR) is 122 cm³/mol. The Hall–Kier alpha value is -2.54. The van der Waals surface area contributed by atoms with Crippen LogP contribution in [0.25, 0.3) is 11.4 Å². The van der Waals surface area contributed by atoms with Crippen LogP contribution in [0.15, 0.2) is 59.4 Å². The first-order valence-corrected chi connectivity index (χ1v) is 11.1. The smallest absolute Gasteiger partial charge is 0.288 e. The molecule has 162 valence electrons. The summed E-state index contributed by atoms with van der Waals surface area (Å²) in [5.41, 5.74) is 2.24. The number of aromatic nitrogens is 3. The van der Waals surface area contributed by atoms with Gasteiger partial charge in [-0.3, -0.25) is 9.69 Å². The third-order valence-corrected chi connectivity index (χ3v) is 5.67. The molecule has 0 amide bonds. The van der Waals surface area contributed by atoms with Gasteiger partial charge in [0.05, 0.1) is 13.2 Å². The Labute approximate surface area is 187 Å². The lowest BCUT2D eigenvalue weighted by Crippen LogP contribution is -2.37. The van der Waals surface area contributed by atoms with Gasteiger partial charge in [0.25, 0.3) is 5.56 Å². The average Bonchev–Trinajstić information content (AvgIpc) is 2.80. The normalized spacial score (nSPS) is 14.6. The van der Waals surface area contributed by atoms with Crippen LogP contribution in [0.1, 0.15) is 24.1 Å². The molecule has 6 nitrogen and oxygen atoms in total. The molecule has 31 heavy (non-hydrogen) atoms. The third-order valence-electron chi connectivity index (χ3n) is 5.43. The van der Waals surface area contributed by atoms with E-state index in [9.17, 15) is 4.79 Å². The quantitative estimate of drug-likeness (QED) is 0.502. The molecule has 0 saturated carbocycles. The van der Waals surface area contributed by atoms with Crippen molar-refractivity contribution in [3.63, 3.8) is 0 Å². The highest BCUT2D eigenvalue weighted by Crippen LogP contribution is 2.19. The molecule has 1 aliphatic heterocycles. The molecule has 0 aliphatic carbocycles. The predicted octanol–water partition coefficient (Wildman–Crippen LogP) is 3.66. The Bertz CT molecular complexity index is 1050. The summed E-state index contributed by atoms with van der Waals surface area (Å²) < 4.78 is 6.97. The van der Waals surface area contributed by atoms with Crippen LogP contribution in [0.3, 0.4) is 0 Å². The number of aryl methyl sites for hydroxylation is 1. The second-order valence-electron chi connectivity index (χ2n) is 7.74. The zero-order valence-electron chi connectivity index (χ0n) is 17.5. The molecule has 4 rings (SSSR count). The van der Waals surface area contributed by atoms with E-state index in [0.717, 1.165) is 56.8 Å². The van der Waals surface area contributed by atoms with Gasteiger partial charge in [0, 0.05) is 36.6 Å². The van der Waals surface area contributed by atoms with Gasteiger partial charge in [-0.25, -0.2) is 9.67 Å². The number of ether oxygens (including phenoxy) is 1. The van der Waals surface area contributed by atoms with Crippen molar-refractivity contribution in [1.29, 1.82) is 0 Å². The van der Waals surface area contributed by atoms with Crippen molar-refractivity contribution in [2.75, 3.05) is 32.8 Å². The lowest BCUT2D eigenvalue weighted by molar-refractivity contribution is 0.0370. The molecule has 0 unspecified atom stereocenters. The van der Waals surface area contributed by atoms with Crippen LogP contribution < -0.4 is 5.56 Å². The van der Waals surface area contributed by atoms with Crippen LogP contribution in [0, 0.1) is 0 Å². The molecule has 0 N–H and O–H groups in total. The number of nitrogens with zero attached hydrogens (tertiary/aromatic N) is 4. The van der Waals surface area contributed by atoms with Crippen molar-refractivity contribution in [2.24, 2.45) is 0 Å². The number of hydrogen-bond acceptors (Lipinski definition) is 5. The lowest BCUT2D eigenvalue weighted by atomic mass is 10.1. The fraction of sp³-hybridized carbons (Fsp3) is 0.375. The standard InChI is InChI=1S/C24H27ClN4O2/c25-21-10-6-9-20(18-21)23-26-22(17-19-7-2-1-3-8-19)24(30)29(27-23)12-5-4-11-28-13-15-31-16-14-28/h1-3,6-10,18H,4-5,11-17H2. The van der Waals surface area contributed by atoms with Gasteiger partial charge in [-0.05, 0) is 37.1 Å². The first-order chi connectivity index (χ1) is 15.2. The van der Waals surface area contributed by atoms with E-state index >= 15 is 0 Å². The lowest BCUT2D eigenvalue weighted by Gasteiger charge is -2.26. The van der Waals surface area contributed by atoms with Crippen molar-refractivity contribution < 1.29 is 4.74 Å². The Morgan fingerprint density at radius 1 is 0.968 bits per heavy atom. The Kier molecular flexibility index (Phi) is 7.46. The SMILES string of the molecule is O=c1c(Cc2ccccc2)nc(-c2cccc(Cl)c2)nn1CCCCN1CCOCC1. The topological polar surface area (TPSA) is 60.2 Å². The fourth-order valence-corrected chi connectivity index (χ4v) is 3.92. The molecule has 2 heterocycles. The van der Waals surface area contributed by atoms with E-state index in [2.05, 4.69) is 15.0 Å². The van der Waals surface area contributed by atoms with E-state index < -0.39 is 0 Å². The number of unbranched alkanes of at least 4 members (excludes halogenated alkanes) is 1. The molecular weight excluding hydrogens is 412 g/mol. The Balaban J connectivity index is 1.54. The van der Waals surface area contributed by atoms with Crippen LogP contribution in [0.4, 0.5) is 0 Å². The van der Waals surface area contributed by atoms with Crippen molar-refractivity contribution in [3.8, 4) is 11.4 Å². The van der Waals surface area contributed by atoms with E-state index in [1.807, 2.05) is 54.6 Å². The van der Waals surface area contributed by atoms with E-state index in [1.165, 1.54) is 0 Å². The summed E-state index contributed by atoms with van der Waals surface area (Å²) in [7, 11) is 0. The maximum absolute atomic E-state index is 13.1. The van der Waals surface area contributed by atoms with Crippen molar-refractivity contribution >= 4 is 11.6 Å². The molecule has 0 atom stereocenters. The first-order valence-electron chi connectivity index (χ1n) is 10.8. The van der Waals surface area contributed by atoms with Crippen LogP contribution in [0.2, 0.25) is 5.02 Å². The van der Waals surface area contributed by atoms with Gasteiger partial charge in [0.15, 0.2) is 5.82 Å². The van der Waals surface area contributed by atoms with Gasteiger partial charge < -0.3 is 4.74 Å². The zero-order chi connectivity index (χ0) is 21.5. The minimum absolute atomic E-state index is 0.124. The maximum Gasteiger partial charge on any atom is 0.288 e. The first kappa shape index (κ1) is 21.7. The fourth-order valence-electron chi connectivity index (χ4n) is 3.73. The summed E-state index contributed by atoms with van der Waals surface area (Å²) in [6.07, 6.45) is 2.37. The van der Waals surface area contributed by atoms with Crippen molar-refractivity contribution in [2.45, 2.75) is 25.8 Å². The van der Waals surface area contributed by atoms with E-state index in [-0.39, 0.29) is 5.56 Å². The molecule has 2 aromatic carbocycles. The van der Waals surface area contributed by atoms with Crippen molar-refractivity contribution in [1.82, 2.24) is 19.7 Å². The molecule has 1 fully saturated rings. The average molecular weight is 439 g/mol. The molecule has 0 spiro atoms. The van der Waals surface area contributed by atoms with E-state index in [1.54, 1.807) is 4.68 Å². The summed E-state index contributed by atoms with van der Waals surface area (Å²) in [6, 6.07) is 17.4. The van der Waals surface area contributed by atoms with Crippen LogP contribution in [-0.2, 0) is 17.7 Å². The summed E-state index contributed by atoms with van der Waals surface area (Å²) in [5.74, 6) is 0.529. The van der Waals surface area contributed by atoms with Crippen LogP contribution in [0.5, 0.6) is 0 Å². The van der Waals surface area contributed by atoms with Gasteiger partial charge >= 0.3 is 0 Å². The number of morpholine rings is 1. The van der Waals surface area contributed by atoms with Crippen molar-refractivity contribution in [3.05, 3.63) is 81.2 Å². The molecule has 7 heteroatoms. The van der Waals surface area contributed by atoms with Gasteiger partial charge in [-0.2, -0.15) is 0 Å². The number of rotatable bonds is 8.